The third kappa shape index (κ3) is 5.55. The number of nitriles is 1. The summed E-state index contributed by atoms with van der Waals surface area (Å²) in [6.07, 6.45) is -4.66. The van der Waals surface area contributed by atoms with Gasteiger partial charge in [-0.15, -0.1) is 22.0 Å². The summed E-state index contributed by atoms with van der Waals surface area (Å²) in [4.78, 5) is 0. The summed E-state index contributed by atoms with van der Waals surface area (Å²) < 4.78 is 71.7. The molecule has 1 unspecified atom stereocenters. The van der Waals surface area contributed by atoms with Gasteiger partial charge in [0.15, 0.2) is 4.75 Å². The van der Waals surface area contributed by atoms with Crippen molar-refractivity contribution in [2.45, 2.75) is 23.4 Å². The number of aromatic nitrogens is 2. The molecule has 0 bridgehead atoms. The molecule has 12 heteroatoms. The van der Waals surface area contributed by atoms with Crippen LogP contribution < -0.4 is 0 Å². The number of nitrogens with zero attached hydrogens (tertiary/aromatic N) is 3. The highest BCUT2D eigenvalue weighted by Crippen LogP contribution is 2.41. The molecule has 0 aliphatic rings. The molecule has 0 aliphatic heterocycles. The third-order valence-corrected chi connectivity index (χ3v) is 5.61. The zero-order valence-corrected chi connectivity index (χ0v) is 12.7. The van der Waals surface area contributed by atoms with Crippen LogP contribution in [0, 0.1) is 11.3 Å². The van der Waals surface area contributed by atoms with Crippen molar-refractivity contribution in [3.63, 3.8) is 0 Å². The molecule has 1 atom stereocenters. The average molecular weight is 367 g/mol. The molecule has 0 saturated heterocycles. The Balaban J connectivity index is 2.72. The molecule has 0 aliphatic carbocycles. The smallest absolute Gasteiger partial charge is 0.196 e. The van der Waals surface area contributed by atoms with Gasteiger partial charge in [0.1, 0.15) is 5.01 Å². The zero-order chi connectivity index (χ0) is 16.3. The Morgan fingerprint density at radius 2 is 1.57 bits per heavy atom. The molecule has 1 rings (SSSR count). The third-order valence-electron chi connectivity index (χ3n) is 2.03. The van der Waals surface area contributed by atoms with Gasteiger partial charge < -0.3 is 0 Å². The lowest BCUT2D eigenvalue weighted by molar-refractivity contribution is -0.138. The normalized spacial score (nSPS) is 15.5. The van der Waals surface area contributed by atoms with Crippen LogP contribution in [-0.4, -0.2) is 27.2 Å². The Morgan fingerprint density at radius 3 is 2.00 bits per heavy atom. The number of thioether (sulfide) groups is 2. The van der Waals surface area contributed by atoms with Crippen molar-refractivity contribution in [3.05, 3.63) is 10.0 Å². The molecule has 0 aromatic carbocycles. The van der Waals surface area contributed by atoms with Gasteiger partial charge in [-0.05, 0) is 6.92 Å². The molecule has 118 valence electrons. The Hall–Kier alpha value is -0.670. The molecule has 1 heterocycles. The lowest BCUT2D eigenvalue weighted by Gasteiger charge is -2.17. The molecular formula is C9H7F6N3S3. The van der Waals surface area contributed by atoms with Crippen molar-refractivity contribution >= 4 is 34.9 Å². The fourth-order valence-electron chi connectivity index (χ4n) is 1.08. The molecule has 21 heavy (non-hydrogen) atoms. The van der Waals surface area contributed by atoms with Crippen LogP contribution in [0.3, 0.4) is 0 Å². The van der Waals surface area contributed by atoms with E-state index in [2.05, 4.69) is 10.2 Å². The van der Waals surface area contributed by atoms with Crippen molar-refractivity contribution in [1.82, 2.24) is 10.2 Å². The van der Waals surface area contributed by atoms with Crippen LogP contribution in [0.2, 0.25) is 0 Å². The Labute approximate surface area is 128 Å². The van der Waals surface area contributed by atoms with E-state index in [4.69, 9.17) is 5.26 Å². The summed E-state index contributed by atoms with van der Waals surface area (Å²) in [7, 11) is 0. The second kappa shape index (κ2) is 6.62. The fourth-order valence-corrected chi connectivity index (χ4v) is 3.62. The summed E-state index contributed by atoms with van der Waals surface area (Å²) in [5.74, 6) is -0.370. The minimum absolute atomic E-state index is 0.0603. The average Bonchev–Trinajstić information content (AvgIpc) is 2.83. The number of alkyl halides is 6. The topological polar surface area (TPSA) is 49.6 Å². The van der Waals surface area contributed by atoms with Crippen LogP contribution in [-0.2, 0) is 10.9 Å². The van der Waals surface area contributed by atoms with Crippen LogP contribution in [0.1, 0.15) is 16.9 Å². The van der Waals surface area contributed by atoms with Crippen molar-refractivity contribution < 1.29 is 26.3 Å². The van der Waals surface area contributed by atoms with Gasteiger partial charge in [-0.2, -0.15) is 31.6 Å². The maximum Gasteiger partial charge on any atom is 0.445 e. The molecule has 0 amide bonds. The van der Waals surface area contributed by atoms with Gasteiger partial charge in [0, 0.05) is 11.5 Å². The minimum Gasteiger partial charge on any atom is -0.196 e. The fraction of sp³-hybridized carbons (Fsp3) is 0.667. The van der Waals surface area contributed by atoms with Crippen LogP contribution >= 0.6 is 34.9 Å². The van der Waals surface area contributed by atoms with Gasteiger partial charge in [-0.25, -0.2) is 0 Å². The van der Waals surface area contributed by atoms with E-state index >= 15 is 0 Å². The Bertz CT molecular complexity index is 520. The van der Waals surface area contributed by atoms with Crippen molar-refractivity contribution in [3.8, 4) is 6.07 Å². The van der Waals surface area contributed by atoms with E-state index in [0.29, 0.717) is 0 Å². The number of hydrogen-bond acceptors (Lipinski definition) is 6. The summed E-state index contributed by atoms with van der Waals surface area (Å²) >= 11 is 0.762. The van der Waals surface area contributed by atoms with Gasteiger partial charge >= 0.3 is 11.7 Å². The first kappa shape index (κ1) is 18.4. The first-order valence-corrected chi connectivity index (χ1v) is 7.94. The summed E-state index contributed by atoms with van der Waals surface area (Å²) in [5.41, 5.74) is -4.38. The SMILES string of the molecule is CC(C#N)(SCCSC(F)(F)F)c1nnc(C(F)(F)F)s1. The van der Waals surface area contributed by atoms with E-state index in [0.717, 1.165) is 11.8 Å². The summed E-state index contributed by atoms with van der Waals surface area (Å²) in [5, 5.41) is 14.0. The van der Waals surface area contributed by atoms with E-state index in [1.807, 2.05) is 0 Å². The monoisotopic (exact) mass is 367 g/mol. The van der Waals surface area contributed by atoms with Crippen molar-refractivity contribution in [1.29, 1.82) is 5.26 Å². The molecule has 3 nitrogen and oxygen atoms in total. The summed E-state index contributed by atoms with van der Waals surface area (Å²) in [6, 6.07) is 1.77. The molecule has 1 aromatic heterocycles. The highest BCUT2D eigenvalue weighted by atomic mass is 32.2. The van der Waals surface area contributed by atoms with Gasteiger partial charge in [0.2, 0.25) is 5.01 Å². The minimum atomic E-state index is -4.66. The van der Waals surface area contributed by atoms with Gasteiger partial charge in [-0.3, -0.25) is 0 Å². The Kier molecular flexibility index (Phi) is 5.79. The van der Waals surface area contributed by atoms with Gasteiger partial charge in [0.05, 0.1) is 6.07 Å². The lowest BCUT2D eigenvalue weighted by Crippen LogP contribution is -2.16. The maximum absolute atomic E-state index is 12.4. The van der Waals surface area contributed by atoms with E-state index in [1.54, 1.807) is 6.07 Å². The van der Waals surface area contributed by atoms with E-state index < -0.39 is 21.4 Å². The molecule has 0 radical (unpaired) electrons. The predicted molar refractivity (Wildman–Crippen MR) is 68.8 cm³/mol. The molecule has 0 spiro atoms. The van der Waals surface area contributed by atoms with Gasteiger partial charge in [-0.1, -0.05) is 23.1 Å². The Morgan fingerprint density at radius 1 is 1.05 bits per heavy atom. The van der Waals surface area contributed by atoms with Crippen molar-refractivity contribution in [2.24, 2.45) is 0 Å². The van der Waals surface area contributed by atoms with Crippen LogP contribution in [0.15, 0.2) is 0 Å². The highest BCUT2D eigenvalue weighted by molar-refractivity contribution is 8.03. The quantitative estimate of drug-likeness (QED) is 0.574. The lowest BCUT2D eigenvalue weighted by atomic mass is 10.2. The maximum atomic E-state index is 12.4. The zero-order valence-electron chi connectivity index (χ0n) is 10.2. The standard InChI is InChI=1S/C9H7F6N3S3/c1-7(4-16,19-2-3-20-9(13,14)15)5-17-18-6(21-5)8(10,11)12/h2-3H2,1H3. The van der Waals surface area contributed by atoms with Gasteiger partial charge in [0.25, 0.3) is 0 Å². The van der Waals surface area contributed by atoms with Crippen molar-refractivity contribution in [2.75, 3.05) is 11.5 Å². The largest absolute Gasteiger partial charge is 0.445 e. The van der Waals surface area contributed by atoms with Crippen LogP contribution in [0.25, 0.3) is 0 Å². The molecule has 1 aromatic rings. The second-order valence-electron chi connectivity index (χ2n) is 3.70. The molecular weight excluding hydrogens is 360 g/mol. The first-order chi connectivity index (χ1) is 9.48. The first-order valence-electron chi connectivity index (χ1n) is 5.15. The van der Waals surface area contributed by atoms with E-state index in [9.17, 15) is 26.3 Å². The number of halogens is 6. The van der Waals surface area contributed by atoms with E-state index in [-0.39, 0.29) is 39.6 Å². The molecule has 0 fully saturated rings. The van der Waals surface area contributed by atoms with Crippen LogP contribution in [0.4, 0.5) is 26.3 Å². The van der Waals surface area contributed by atoms with E-state index in [1.165, 1.54) is 6.92 Å². The van der Waals surface area contributed by atoms with Crippen LogP contribution in [0.5, 0.6) is 0 Å². The molecule has 0 N–H and O–H groups in total. The number of hydrogen-bond donors (Lipinski definition) is 0. The highest BCUT2D eigenvalue weighted by Gasteiger charge is 2.39. The summed E-state index contributed by atoms with van der Waals surface area (Å²) in [6.45, 7) is 1.30. The second-order valence-corrected chi connectivity index (χ2v) is 7.35. The molecule has 0 saturated carbocycles. The predicted octanol–water partition coefficient (Wildman–Crippen LogP) is 4.28. The number of rotatable bonds is 5.